The number of nitrogens with one attached hydrogen (secondary N) is 2. The maximum atomic E-state index is 13.0. The van der Waals surface area contributed by atoms with Crippen LogP contribution in [0, 0.1) is 6.92 Å². The van der Waals surface area contributed by atoms with E-state index < -0.39 is 12.2 Å². The van der Waals surface area contributed by atoms with Gasteiger partial charge in [-0.15, -0.1) is 12.4 Å². The van der Waals surface area contributed by atoms with Crippen LogP contribution in [0.25, 0.3) is 0 Å². The Labute approximate surface area is 156 Å². The first kappa shape index (κ1) is 20.1. The summed E-state index contributed by atoms with van der Waals surface area (Å²) < 4.78 is 31.2. The number of alkyl halides is 2. The van der Waals surface area contributed by atoms with Crippen LogP contribution in [0.2, 0.25) is 0 Å². The van der Waals surface area contributed by atoms with Crippen molar-refractivity contribution in [1.29, 1.82) is 0 Å². The molecule has 3 rings (SSSR count). The Hall–Kier alpha value is -2.19. The molecule has 0 unspecified atom stereocenters. The molecule has 1 fully saturated rings. The van der Waals surface area contributed by atoms with Gasteiger partial charge in [0.1, 0.15) is 11.3 Å². The quantitative estimate of drug-likeness (QED) is 0.829. The van der Waals surface area contributed by atoms with Gasteiger partial charge in [-0.3, -0.25) is 9.48 Å². The second-order valence-electron chi connectivity index (χ2n) is 6.05. The van der Waals surface area contributed by atoms with Crippen LogP contribution < -0.4 is 15.4 Å². The minimum atomic E-state index is -2.91. The summed E-state index contributed by atoms with van der Waals surface area (Å²) in [6.07, 6.45) is 4.59. The Balaban J connectivity index is 0.00000243. The number of piperidine rings is 1. The van der Waals surface area contributed by atoms with E-state index in [1.165, 1.54) is 6.07 Å². The minimum Gasteiger partial charge on any atom is -0.434 e. The molecule has 1 aliphatic rings. The van der Waals surface area contributed by atoms with Crippen LogP contribution >= 0.6 is 12.4 Å². The van der Waals surface area contributed by atoms with Crippen molar-refractivity contribution >= 4 is 24.0 Å². The fraction of sp³-hybridized carbons (Fsp3) is 0.412. The molecule has 0 radical (unpaired) electrons. The smallest absolute Gasteiger partial charge is 0.387 e. The third-order valence-corrected chi connectivity index (χ3v) is 4.46. The largest absolute Gasteiger partial charge is 0.434 e. The molecule has 142 valence electrons. The van der Waals surface area contributed by atoms with Crippen molar-refractivity contribution in [3.63, 3.8) is 0 Å². The second-order valence-corrected chi connectivity index (χ2v) is 6.05. The van der Waals surface area contributed by atoms with Crippen molar-refractivity contribution in [2.24, 2.45) is 0 Å². The Bertz CT molecular complexity index is 734. The number of ether oxygens (including phenoxy) is 1. The fourth-order valence-corrected chi connectivity index (χ4v) is 3.07. The molecule has 26 heavy (non-hydrogen) atoms. The molecule has 1 saturated heterocycles. The fourth-order valence-electron chi connectivity index (χ4n) is 3.07. The molecular formula is C17H21ClF2N4O2. The number of halogens is 3. The maximum absolute atomic E-state index is 13.0. The number of aromatic nitrogens is 2. The highest BCUT2D eigenvalue weighted by Gasteiger charge is 2.42. The van der Waals surface area contributed by atoms with Gasteiger partial charge in [-0.25, -0.2) is 0 Å². The van der Waals surface area contributed by atoms with Crippen LogP contribution in [0.3, 0.4) is 0 Å². The topological polar surface area (TPSA) is 68.2 Å². The lowest BCUT2D eigenvalue weighted by Crippen LogP contribution is -2.52. The van der Waals surface area contributed by atoms with Crippen molar-refractivity contribution in [3.05, 3.63) is 42.2 Å². The molecular weight excluding hydrogens is 366 g/mol. The standard InChI is InChI=1S/C17H20F2N4O2.ClH/c1-12-3-4-13(11-14(12)25-16(18)19)22-15(24)17(5-8-20-9-6-17)23-10-2-7-21-23;/h2-4,7,10-11,16,20H,5-6,8-9H2,1H3,(H,22,24);1H. The van der Waals surface area contributed by atoms with Gasteiger partial charge in [-0.05, 0) is 50.6 Å². The summed E-state index contributed by atoms with van der Waals surface area (Å²) in [4.78, 5) is 13.0. The molecule has 2 heterocycles. The summed E-state index contributed by atoms with van der Waals surface area (Å²) in [5, 5.41) is 10.3. The summed E-state index contributed by atoms with van der Waals surface area (Å²) in [6.45, 7) is 0.146. The Morgan fingerprint density at radius 1 is 1.38 bits per heavy atom. The van der Waals surface area contributed by atoms with Crippen LogP contribution in [-0.2, 0) is 10.3 Å². The molecule has 0 spiro atoms. The zero-order valence-corrected chi connectivity index (χ0v) is 15.1. The molecule has 0 atom stereocenters. The number of anilines is 1. The van der Waals surface area contributed by atoms with Gasteiger partial charge >= 0.3 is 6.61 Å². The van der Waals surface area contributed by atoms with E-state index >= 15 is 0 Å². The first-order valence-corrected chi connectivity index (χ1v) is 8.09. The first-order valence-electron chi connectivity index (χ1n) is 8.09. The van der Waals surface area contributed by atoms with Crippen LogP contribution in [0.15, 0.2) is 36.7 Å². The average Bonchev–Trinajstić information content (AvgIpc) is 3.13. The highest BCUT2D eigenvalue weighted by atomic mass is 35.5. The lowest BCUT2D eigenvalue weighted by molar-refractivity contribution is -0.126. The normalized spacial score (nSPS) is 16.0. The highest BCUT2D eigenvalue weighted by molar-refractivity contribution is 5.97. The van der Waals surface area contributed by atoms with Crippen molar-refractivity contribution in [3.8, 4) is 5.75 Å². The zero-order valence-electron chi connectivity index (χ0n) is 14.2. The van der Waals surface area contributed by atoms with Crippen LogP contribution in [-0.4, -0.2) is 35.4 Å². The molecule has 0 saturated carbocycles. The molecule has 2 N–H and O–H groups in total. The third-order valence-electron chi connectivity index (χ3n) is 4.46. The van der Waals surface area contributed by atoms with E-state index in [2.05, 4.69) is 20.5 Å². The van der Waals surface area contributed by atoms with Crippen molar-refractivity contribution in [2.45, 2.75) is 31.9 Å². The summed E-state index contributed by atoms with van der Waals surface area (Å²) >= 11 is 0. The molecule has 6 nitrogen and oxygen atoms in total. The molecule has 9 heteroatoms. The monoisotopic (exact) mass is 386 g/mol. The Kier molecular flexibility index (Phi) is 6.55. The lowest BCUT2D eigenvalue weighted by atomic mass is 9.87. The summed E-state index contributed by atoms with van der Waals surface area (Å²) in [5.41, 5.74) is 0.182. The highest BCUT2D eigenvalue weighted by Crippen LogP contribution is 2.30. The van der Waals surface area contributed by atoms with Crippen molar-refractivity contribution < 1.29 is 18.3 Å². The van der Waals surface area contributed by atoms with Gasteiger partial charge in [0.2, 0.25) is 0 Å². The van der Waals surface area contributed by atoms with E-state index in [9.17, 15) is 13.6 Å². The molecule has 1 amide bonds. The maximum Gasteiger partial charge on any atom is 0.387 e. The zero-order chi connectivity index (χ0) is 17.9. The van der Waals surface area contributed by atoms with Crippen LogP contribution in [0.1, 0.15) is 18.4 Å². The van der Waals surface area contributed by atoms with Gasteiger partial charge in [0.05, 0.1) is 0 Å². The van der Waals surface area contributed by atoms with E-state index in [4.69, 9.17) is 0 Å². The summed E-state index contributed by atoms with van der Waals surface area (Å²) in [6, 6.07) is 6.49. The lowest BCUT2D eigenvalue weighted by Gasteiger charge is -2.36. The number of nitrogens with zero attached hydrogens (tertiary/aromatic N) is 2. The Morgan fingerprint density at radius 3 is 2.73 bits per heavy atom. The van der Waals surface area contributed by atoms with Crippen LogP contribution in [0.5, 0.6) is 5.75 Å². The SMILES string of the molecule is Cc1ccc(NC(=O)C2(n3cccn3)CCNCC2)cc1OC(F)F.Cl. The first-order chi connectivity index (χ1) is 12.0. The number of hydrogen-bond acceptors (Lipinski definition) is 4. The number of rotatable bonds is 5. The average molecular weight is 387 g/mol. The predicted octanol–water partition coefficient (Wildman–Crippen LogP) is 2.93. The van der Waals surface area contributed by atoms with E-state index in [1.54, 1.807) is 42.2 Å². The van der Waals surface area contributed by atoms with Gasteiger partial charge < -0.3 is 15.4 Å². The number of benzene rings is 1. The number of hydrogen-bond donors (Lipinski definition) is 2. The summed E-state index contributed by atoms with van der Waals surface area (Å²) in [7, 11) is 0. The number of amides is 1. The van der Waals surface area contributed by atoms with Gasteiger partial charge in [-0.2, -0.15) is 13.9 Å². The van der Waals surface area contributed by atoms with Gasteiger partial charge in [0, 0.05) is 24.1 Å². The van der Waals surface area contributed by atoms with Crippen molar-refractivity contribution in [1.82, 2.24) is 15.1 Å². The number of carbonyl (C=O) groups excluding carboxylic acids is 1. The minimum absolute atomic E-state index is 0. The van der Waals surface area contributed by atoms with E-state index in [1.807, 2.05) is 0 Å². The van der Waals surface area contributed by atoms with Gasteiger partial charge in [-0.1, -0.05) is 6.07 Å². The molecule has 0 aliphatic carbocycles. The van der Waals surface area contributed by atoms with E-state index in [0.29, 0.717) is 37.2 Å². The number of aryl methyl sites for hydroxylation is 1. The molecule has 2 aromatic rings. The van der Waals surface area contributed by atoms with E-state index in [0.717, 1.165) is 0 Å². The number of carbonyl (C=O) groups is 1. The predicted molar refractivity (Wildman–Crippen MR) is 96.0 cm³/mol. The van der Waals surface area contributed by atoms with Gasteiger partial charge in [0.25, 0.3) is 5.91 Å². The third kappa shape index (κ3) is 4.13. The second kappa shape index (κ2) is 8.46. The van der Waals surface area contributed by atoms with Gasteiger partial charge in [0.15, 0.2) is 0 Å². The molecule has 1 aromatic heterocycles. The molecule has 1 aromatic carbocycles. The summed E-state index contributed by atoms with van der Waals surface area (Å²) in [5.74, 6) is -0.171. The van der Waals surface area contributed by atoms with E-state index in [-0.39, 0.29) is 24.1 Å². The molecule has 0 bridgehead atoms. The van der Waals surface area contributed by atoms with Crippen molar-refractivity contribution in [2.75, 3.05) is 18.4 Å². The van der Waals surface area contributed by atoms with Crippen LogP contribution in [0.4, 0.5) is 14.5 Å². The molecule has 1 aliphatic heterocycles. The Morgan fingerprint density at radius 2 is 2.12 bits per heavy atom.